The number of pyridine rings is 1. The van der Waals surface area contributed by atoms with Gasteiger partial charge < -0.3 is 15.5 Å². The standard InChI is InChI=1S/C12H17N3O/c1-12(2,3)16-10-4-5-14-11-9(10)6-8(7-13)15-11/h4-6H,7,13H2,1-3H3,(H,14,15). The van der Waals surface area contributed by atoms with E-state index in [1.54, 1.807) is 6.20 Å². The lowest BCUT2D eigenvalue weighted by atomic mass is 10.2. The number of ether oxygens (including phenoxy) is 1. The molecule has 0 atom stereocenters. The van der Waals surface area contributed by atoms with E-state index in [-0.39, 0.29) is 5.60 Å². The summed E-state index contributed by atoms with van der Waals surface area (Å²) in [5.41, 5.74) is 7.16. The van der Waals surface area contributed by atoms with Crippen LogP contribution in [0.5, 0.6) is 5.75 Å². The normalized spacial score (nSPS) is 12.0. The number of fused-ring (bicyclic) bond motifs is 1. The van der Waals surface area contributed by atoms with Crippen molar-refractivity contribution in [1.82, 2.24) is 9.97 Å². The van der Waals surface area contributed by atoms with E-state index in [9.17, 15) is 0 Å². The summed E-state index contributed by atoms with van der Waals surface area (Å²) in [4.78, 5) is 7.40. The van der Waals surface area contributed by atoms with Crippen LogP contribution in [0, 0.1) is 0 Å². The van der Waals surface area contributed by atoms with Crippen LogP contribution in [0.2, 0.25) is 0 Å². The minimum atomic E-state index is -0.214. The minimum Gasteiger partial charge on any atom is -0.487 e. The predicted molar refractivity (Wildman–Crippen MR) is 64.4 cm³/mol. The Balaban J connectivity index is 2.48. The molecule has 0 aliphatic heterocycles. The van der Waals surface area contributed by atoms with Crippen LogP contribution in [0.4, 0.5) is 0 Å². The Morgan fingerprint density at radius 3 is 2.81 bits per heavy atom. The van der Waals surface area contributed by atoms with Gasteiger partial charge in [0.2, 0.25) is 0 Å². The minimum absolute atomic E-state index is 0.214. The molecule has 0 fully saturated rings. The van der Waals surface area contributed by atoms with Gasteiger partial charge in [0, 0.05) is 18.4 Å². The Labute approximate surface area is 94.8 Å². The van der Waals surface area contributed by atoms with E-state index in [2.05, 4.69) is 9.97 Å². The van der Waals surface area contributed by atoms with E-state index in [0.717, 1.165) is 22.5 Å². The lowest BCUT2D eigenvalue weighted by Gasteiger charge is -2.21. The number of hydrogen-bond acceptors (Lipinski definition) is 3. The lowest BCUT2D eigenvalue weighted by Crippen LogP contribution is -2.23. The molecule has 0 aliphatic rings. The van der Waals surface area contributed by atoms with E-state index in [1.165, 1.54) is 0 Å². The number of nitrogens with one attached hydrogen (secondary N) is 1. The fourth-order valence-electron chi connectivity index (χ4n) is 1.59. The molecule has 0 amide bonds. The van der Waals surface area contributed by atoms with Gasteiger partial charge >= 0.3 is 0 Å². The van der Waals surface area contributed by atoms with Gasteiger partial charge in [0.1, 0.15) is 17.0 Å². The number of hydrogen-bond donors (Lipinski definition) is 2. The van der Waals surface area contributed by atoms with Crippen LogP contribution < -0.4 is 10.5 Å². The third-order valence-electron chi connectivity index (χ3n) is 2.18. The quantitative estimate of drug-likeness (QED) is 0.813. The number of aromatic nitrogens is 2. The van der Waals surface area contributed by atoms with Crippen LogP contribution in [0.15, 0.2) is 18.3 Å². The first-order valence-corrected chi connectivity index (χ1v) is 5.35. The van der Waals surface area contributed by atoms with Crippen LogP contribution in [0.3, 0.4) is 0 Å². The lowest BCUT2D eigenvalue weighted by molar-refractivity contribution is 0.133. The predicted octanol–water partition coefficient (Wildman–Crippen LogP) is 2.20. The van der Waals surface area contributed by atoms with Crippen LogP contribution in [-0.4, -0.2) is 15.6 Å². The molecular weight excluding hydrogens is 202 g/mol. The van der Waals surface area contributed by atoms with Crippen LogP contribution in [0.1, 0.15) is 26.5 Å². The molecule has 0 unspecified atom stereocenters. The van der Waals surface area contributed by atoms with Gasteiger partial charge in [-0.25, -0.2) is 4.98 Å². The molecule has 3 N–H and O–H groups in total. The summed E-state index contributed by atoms with van der Waals surface area (Å²) in [5, 5.41) is 0.984. The molecule has 0 saturated heterocycles. The van der Waals surface area contributed by atoms with Crippen molar-refractivity contribution in [3.8, 4) is 5.75 Å². The van der Waals surface area contributed by atoms with Crippen molar-refractivity contribution in [2.45, 2.75) is 32.9 Å². The van der Waals surface area contributed by atoms with Gasteiger partial charge in [0.05, 0.1) is 5.39 Å². The molecule has 0 aliphatic carbocycles. The van der Waals surface area contributed by atoms with E-state index in [4.69, 9.17) is 10.5 Å². The largest absolute Gasteiger partial charge is 0.487 e. The van der Waals surface area contributed by atoms with Gasteiger partial charge in [0.15, 0.2) is 0 Å². The van der Waals surface area contributed by atoms with Crippen LogP contribution >= 0.6 is 0 Å². The van der Waals surface area contributed by atoms with Crippen molar-refractivity contribution < 1.29 is 4.74 Å². The van der Waals surface area contributed by atoms with Crippen LogP contribution in [-0.2, 0) is 6.54 Å². The second-order valence-corrected chi connectivity index (χ2v) is 4.78. The molecule has 0 bridgehead atoms. The zero-order valence-electron chi connectivity index (χ0n) is 9.87. The van der Waals surface area contributed by atoms with Crippen molar-refractivity contribution in [1.29, 1.82) is 0 Å². The average Bonchev–Trinajstić information content (AvgIpc) is 2.59. The topological polar surface area (TPSA) is 63.9 Å². The first-order chi connectivity index (χ1) is 7.49. The number of aromatic amines is 1. The Bertz CT molecular complexity index is 496. The first-order valence-electron chi connectivity index (χ1n) is 5.35. The Morgan fingerprint density at radius 2 is 2.19 bits per heavy atom. The van der Waals surface area contributed by atoms with Crippen molar-refractivity contribution >= 4 is 11.0 Å². The molecule has 16 heavy (non-hydrogen) atoms. The van der Waals surface area contributed by atoms with Crippen molar-refractivity contribution in [3.05, 3.63) is 24.0 Å². The van der Waals surface area contributed by atoms with Crippen molar-refractivity contribution in [3.63, 3.8) is 0 Å². The Hall–Kier alpha value is -1.55. The zero-order chi connectivity index (χ0) is 11.8. The molecule has 2 aromatic rings. The third-order valence-corrected chi connectivity index (χ3v) is 2.18. The van der Waals surface area contributed by atoms with Crippen molar-refractivity contribution in [2.24, 2.45) is 5.73 Å². The van der Waals surface area contributed by atoms with E-state index >= 15 is 0 Å². The summed E-state index contributed by atoms with van der Waals surface area (Å²) < 4.78 is 5.87. The van der Waals surface area contributed by atoms with Gasteiger partial charge in [-0.1, -0.05) is 0 Å². The Morgan fingerprint density at radius 1 is 1.44 bits per heavy atom. The second kappa shape index (κ2) is 3.79. The fraction of sp³-hybridized carbons (Fsp3) is 0.417. The van der Waals surface area contributed by atoms with Crippen LogP contribution in [0.25, 0.3) is 11.0 Å². The molecule has 2 rings (SSSR count). The van der Waals surface area contributed by atoms with Gasteiger partial charge in [-0.05, 0) is 32.9 Å². The number of nitrogens with zero attached hydrogens (tertiary/aromatic N) is 1. The zero-order valence-corrected chi connectivity index (χ0v) is 9.87. The highest BCUT2D eigenvalue weighted by molar-refractivity contribution is 5.83. The molecular formula is C12H17N3O. The summed E-state index contributed by atoms with van der Waals surface area (Å²) in [5.74, 6) is 0.841. The molecule has 0 aromatic carbocycles. The first kappa shape index (κ1) is 11.0. The number of rotatable bonds is 2. The smallest absolute Gasteiger partial charge is 0.141 e. The maximum atomic E-state index is 5.87. The monoisotopic (exact) mass is 219 g/mol. The van der Waals surface area contributed by atoms with Crippen molar-refractivity contribution in [2.75, 3.05) is 0 Å². The summed E-state index contributed by atoms with van der Waals surface area (Å²) in [7, 11) is 0. The maximum absolute atomic E-state index is 5.87. The average molecular weight is 219 g/mol. The highest BCUT2D eigenvalue weighted by atomic mass is 16.5. The molecule has 0 saturated carbocycles. The SMILES string of the molecule is CC(C)(C)Oc1ccnc2[nH]c(CN)cc12. The summed E-state index contributed by atoms with van der Waals surface area (Å²) in [6, 6.07) is 3.87. The summed E-state index contributed by atoms with van der Waals surface area (Å²) in [6.07, 6.45) is 1.74. The molecule has 4 heteroatoms. The second-order valence-electron chi connectivity index (χ2n) is 4.78. The Kier molecular flexibility index (Phi) is 2.59. The van der Waals surface area contributed by atoms with Gasteiger partial charge in [-0.15, -0.1) is 0 Å². The van der Waals surface area contributed by atoms with Gasteiger partial charge in [0.25, 0.3) is 0 Å². The molecule has 0 spiro atoms. The molecule has 0 radical (unpaired) electrons. The van der Waals surface area contributed by atoms with E-state index < -0.39 is 0 Å². The maximum Gasteiger partial charge on any atom is 0.141 e. The molecule has 86 valence electrons. The fourth-order valence-corrected chi connectivity index (χ4v) is 1.59. The summed E-state index contributed by atoms with van der Waals surface area (Å²) in [6.45, 7) is 6.55. The molecule has 2 aromatic heterocycles. The summed E-state index contributed by atoms with van der Waals surface area (Å²) >= 11 is 0. The van der Waals surface area contributed by atoms with Gasteiger partial charge in [-0.2, -0.15) is 0 Å². The molecule has 4 nitrogen and oxygen atoms in total. The van der Waals surface area contributed by atoms with E-state index in [1.807, 2.05) is 32.9 Å². The highest BCUT2D eigenvalue weighted by Gasteiger charge is 2.15. The number of nitrogens with two attached hydrogens (primary N) is 1. The molecule has 2 heterocycles. The number of H-pyrrole nitrogens is 1. The van der Waals surface area contributed by atoms with Gasteiger partial charge in [-0.3, -0.25) is 0 Å². The van der Waals surface area contributed by atoms with E-state index in [0.29, 0.717) is 6.54 Å². The highest BCUT2D eigenvalue weighted by Crippen LogP contribution is 2.27. The third kappa shape index (κ3) is 2.17.